The average Bonchev–Trinajstić information content (AvgIpc) is 2.75. The highest BCUT2D eigenvalue weighted by atomic mass is 35.5. The number of methoxy groups -OCH3 is 1. The molecule has 3 N–H and O–H groups in total. The molecule has 0 aliphatic rings. The molecule has 0 atom stereocenters. The highest BCUT2D eigenvalue weighted by molar-refractivity contribution is 6.34. The lowest BCUT2D eigenvalue weighted by atomic mass is 9.96. The highest BCUT2D eigenvalue weighted by Crippen LogP contribution is 2.39. The van der Waals surface area contributed by atoms with Crippen LogP contribution >= 0.6 is 11.6 Å². The maximum Gasteiger partial charge on any atom is 0.309 e. The molecule has 1 heterocycles. The summed E-state index contributed by atoms with van der Waals surface area (Å²) in [4.78, 5) is 26.6. The summed E-state index contributed by atoms with van der Waals surface area (Å²) >= 11 is 6.37. The van der Waals surface area contributed by atoms with Gasteiger partial charge < -0.3 is 15.8 Å². The number of ether oxygens (including phenoxy) is 1. The summed E-state index contributed by atoms with van der Waals surface area (Å²) in [6.07, 6.45) is 1.67. The van der Waals surface area contributed by atoms with Crippen molar-refractivity contribution in [3.63, 3.8) is 0 Å². The Morgan fingerprint density at radius 3 is 2.60 bits per heavy atom. The van der Waals surface area contributed by atoms with Crippen LogP contribution in [-0.4, -0.2) is 23.9 Å². The molecule has 2 aromatic carbocycles. The molecule has 154 valence electrons. The molecule has 0 fully saturated rings. The second-order valence-corrected chi connectivity index (χ2v) is 6.83. The summed E-state index contributed by atoms with van der Waals surface area (Å²) in [7, 11) is 1.46. The van der Waals surface area contributed by atoms with E-state index < -0.39 is 17.6 Å². The molecule has 6 nitrogen and oxygen atoms in total. The van der Waals surface area contributed by atoms with Gasteiger partial charge in [0.05, 0.1) is 29.9 Å². The van der Waals surface area contributed by atoms with E-state index in [1.807, 2.05) is 18.2 Å². The number of nitrogens with one attached hydrogen (secondary N) is 1. The molecule has 0 aliphatic carbocycles. The van der Waals surface area contributed by atoms with Crippen molar-refractivity contribution in [3.8, 4) is 16.9 Å². The van der Waals surface area contributed by atoms with Crippen molar-refractivity contribution in [1.82, 2.24) is 10.3 Å². The van der Waals surface area contributed by atoms with E-state index in [-0.39, 0.29) is 23.6 Å². The maximum absolute atomic E-state index is 15.6. The van der Waals surface area contributed by atoms with Crippen molar-refractivity contribution in [2.75, 3.05) is 7.11 Å². The fourth-order valence-electron chi connectivity index (χ4n) is 3.07. The first-order valence-corrected chi connectivity index (χ1v) is 9.40. The predicted molar refractivity (Wildman–Crippen MR) is 111 cm³/mol. The van der Waals surface area contributed by atoms with Gasteiger partial charge in [0.1, 0.15) is 11.6 Å². The molecule has 0 aliphatic heterocycles. The number of hydrogen-bond acceptors (Lipinski definition) is 4. The second-order valence-electron chi connectivity index (χ2n) is 6.43. The number of nitrogens with two attached hydrogens (primary N) is 1. The van der Waals surface area contributed by atoms with Crippen molar-refractivity contribution >= 4 is 23.4 Å². The van der Waals surface area contributed by atoms with Crippen LogP contribution < -0.4 is 15.8 Å². The molecular formula is C22H19ClFN3O3. The van der Waals surface area contributed by atoms with E-state index in [0.29, 0.717) is 28.1 Å². The van der Waals surface area contributed by atoms with Crippen molar-refractivity contribution in [2.45, 2.75) is 13.0 Å². The Morgan fingerprint density at radius 1 is 1.20 bits per heavy atom. The highest BCUT2D eigenvalue weighted by Gasteiger charge is 2.21. The third-order valence-electron chi connectivity index (χ3n) is 4.55. The van der Waals surface area contributed by atoms with Crippen molar-refractivity contribution in [1.29, 1.82) is 0 Å². The Labute approximate surface area is 177 Å². The van der Waals surface area contributed by atoms with Crippen LogP contribution in [0.25, 0.3) is 11.1 Å². The molecule has 0 unspecified atom stereocenters. The number of carbonyl (C=O) groups is 2. The number of primary amides is 1. The van der Waals surface area contributed by atoms with Gasteiger partial charge in [0.2, 0.25) is 0 Å². The van der Waals surface area contributed by atoms with Crippen LogP contribution in [0.15, 0.2) is 54.7 Å². The third-order valence-corrected chi connectivity index (χ3v) is 4.89. The van der Waals surface area contributed by atoms with Crippen molar-refractivity contribution in [3.05, 3.63) is 82.4 Å². The monoisotopic (exact) mass is 427 g/mol. The lowest BCUT2D eigenvalue weighted by Crippen LogP contribution is -2.35. The molecule has 0 saturated heterocycles. The van der Waals surface area contributed by atoms with Gasteiger partial charge in [-0.05, 0) is 23.3 Å². The Bertz CT molecular complexity index is 1090. The van der Waals surface area contributed by atoms with E-state index in [0.717, 1.165) is 0 Å². The topological polar surface area (TPSA) is 94.3 Å². The predicted octanol–water partition coefficient (Wildman–Crippen LogP) is 3.24. The molecule has 30 heavy (non-hydrogen) atoms. The number of halogens is 2. The van der Waals surface area contributed by atoms with Crippen LogP contribution in [-0.2, 0) is 22.6 Å². The van der Waals surface area contributed by atoms with Crippen LogP contribution in [0, 0.1) is 5.82 Å². The molecule has 8 heteroatoms. The standard InChI is InChI=1S/C22H19ClFN3O3/c1-30-18-11-16(23)15(20(24)19(18)13-6-3-2-4-7-13)10-14-8-5-9-26-17(14)12-27-22(29)21(25)28/h2-9,11H,10,12H2,1H3,(H2,25,28)(H,27,29). The zero-order valence-corrected chi connectivity index (χ0v) is 16.9. The maximum atomic E-state index is 15.6. The van der Waals surface area contributed by atoms with E-state index in [1.165, 1.54) is 13.3 Å². The van der Waals surface area contributed by atoms with Gasteiger partial charge in [-0.2, -0.15) is 0 Å². The van der Waals surface area contributed by atoms with Crippen LogP contribution in [0.2, 0.25) is 5.02 Å². The number of carbonyl (C=O) groups excluding carboxylic acids is 2. The molecule has 0 spiro atoms. The number of pyridine rings is 1. The first kappa shape index (κ1) is 21.3. The van der Waals surface area contributed by atoms with Crippen molar-refractivity contribution < 1.29 is 18.7 Å². The average molecular weight is 428 g/mol. The van der Waals surface area contributed by atoms with E-state index in [9.17, 15) is 9.59 Å². The van der Waals surface area contributed by atoms with E-state index >= 15 is 4.39 Å². The number of amides is 2. The smallest absolute Gasteiger partial charge is 0.309 e. The molecular weight excluding hydrogens is 409 g/mol. The molecule has 3 aromatic rings. The Kier molecular flexibility index (Phi) is 6.64. The van der Waals surface area contributed by atoms with Gasteiger partial charge in [0, 0.05) is 18.2 Å². The second kappa shape index (κ2) is 9.37. The minimum absolute atomic E-state index is 0.0289. The number of rotatable bonds is 6. The number of benzene rings is 2. The van der Waals surface area contributed by atoms with Gasteiger partial charge >= 0.3 is 11.8 Å². The van der Waals surface area contributed by atoms with Gasteiger partial charge in [-0.1, -0.05) is 48.0 Å². The summed E-state index contributed by atoms with van der Waals surface area (Å²) in [5, 5.41) is 2.59. The van der Waals surface area contributed by atoms with Crippen LogP contribution in [0.1, 0.15) is 16.8 Å². The van der Waals surface area contributed by atoms with E-state index in [1.54, 1.807) is 30.3 Å². The molecule has 0 bridgehead atoms. The molecule has 0 saturated carbocycles. The van der Waals surface area contributed by atoms with Gasteiger partial charge in [-0.3, -0.25) is 14.6 Å². The summed E-state index contributed by atoms with van der Waals surface area (Å²) in [5.74, 6) is -2.19. The molecule has 3 rings (SSSR count). The van der Waals surface area contributed by atoms with Gasteiger partial charge in [0.25, 0.3) is 0 Å². The zero-order valence-electron chi connectivity index (χ0n) is 16.1. The first-order valence-electron chi connectivity index (χ1n) is 9.03. The first-order chi connectivity index (χ1) is 14.4. The minimum Gasteiger partial charge on any atom is -0.496 e. The third kappa shape index (κ3) is 4.58. The van der Waals surface area contributed by atoms with E-state index in [2.05, 4.69) is 10.3 Å². The van der Waals surface area contributed by atoms with Gasteiger partial charge in [-0.25, -0.2) is 4.39 Å². The summed E-state index contributed by atoms with van der Waals surface area (Å²) < 4.78 is 20.9. The lowest BCUT2D eigenvalue weighted by Gasteiger charge is -2.16. The summed E-state index contributed by atoms with van der Waals surface area (Å²) in [6.45, 7) is -0.0289. The fourth-order valence-corrected chi connectivity index (χ4v) is 3.32. The largest absolute Gasteiger partial charge is 0.496 e. The Balaban J connectivity index is 2.00. The molecule has 1 aromatic heterocycles. The van der Waals surface area contributed by atoms with Gasteiger partial charge in [0.15, 0.2) is 0 Å². The SMILES string of the molecule is COc1cc(Cl)c(Cc2cccnc2CNC(=O)C(N)=O)c(F)c1-c1ccccc1. The number of aromatic nitrogens is 1. The quantitative estimate of drug-likeness (QED) is 0.590. The summed E-state index contributed by atoms with van der Waals surface area (Å²) in [6, 6.07) is 14.1. The van der Waals surface area contributed by atoms with E-state index in [4.69, 9.17) is 22.1 Å². The number of nitrogens with zero attached hydrogens (tertiary/aromatic N) is 1. The van der Waals surface area contributed by atoms with Crippen LogP contribution in [0.5, 0.6) is 5.75 Å². The zero-order chi connectivity index (χ0) is 21.7. The van der Waals surface area contributed by atoms with Crippen LogP contribution in [0.3, 0.4) is 0 Å². The Morgan fingerprint density at radius 2 is 1.93 bits per heavy atom. The normalized spacial score (nSPS) is 10.5. The van der Waals surface area contributed by atoms with Crippen LogP contribution in [0.4, 0.5) is 4.39 Å². The Hall–Kier alpha value is -3.45. The minimum atomic E-state index is -1.09. The molecule has 0 radical (unpaired) electrons. The van der Waals surface area contributed by atoms with Crippen molar-refractivity contribution in [2.24, 2.45) is 5.73 Å². The number of hydrogen-bond donors (Lipinski definition) is 2. The summed E-state index contributed by atoms with van der Waals surface area (Å²) in [5.41, 5.74) is 7.31. The lowest BCUT2D eigenvalue weighted by molar-refractivity contribution is -0.137. The fraction of sp³-hybridized carbons (Fsp3) is 0.136. The molecule has 2 amide bonds. The van der Waals surface area contributed by atoms with Gasteiger partial charge in [-0.15, -0.1) is 0 Å².